The van der Waals surface area contributed by atoms with E-state index in [1.54, 1.807) is 6.92 Å². The Hall–Kier alpha value is -2.11. The summed E-state index contributed by atoms with van der Waals surface area (Å²) in [6, 6.07) is 0.967. The van der Waals surface area contributed by atoms with Gasteiger partial charge < -0.3 is 15.4 Å². The number of aromatic amines is 1. The van der Waals surface area contributed by atoms with Crippen LogP contribution in [-0.4, -0.2) is 28.0 Å². The molecule has 0 saturated carbocycles. The van der Waals surface area contributed by atoms with Crippen LogP contribution in [0.15, 0.2) is 23.3 Å². The Balaban J connectivity index is 2.58. The zero-order chi connectivity index (χ0) is 12.8. The van der Waals surface area contributed by atoms with Crippen LogP contribution in [0.2, 0.25) is 0 Å². The molecular weight excluding hydrogens is 224 g/mol. The summed E-state index contributed by atoms with van der Waals surface area (Å²) in [6.07, 6.45) is 3.06. The third-order valence-electron chi connectivity index (χ3n) is 2.24. The lowest BCUT2D eigenvalue weighted by molar-refractivity contribution is -0.137. The molecule has 3 N–H and O–H groups in total. The van der Waals surface area contributed by atoms with E-state index in [1.807, 2.05) is 0 Å². The summed E-state index contributed by atoms with van der Waals surface area (Å²) in [6.45, 7) is 1.69. The van der Waals surface area contributed by atoms with Crippen LogP contribution >= 0.6 is 0 Å². The molecule has 17 heavy (non-hydrogen) atoms. The first-order valence-corrected chi connectivity index (χ1v) is 5.20. The molecule has 0 fully saturated rings. The van der Waals surface area contributed by atoms with Crippen molar-refractivity contribution < 1.29 is 14.7 Å². The number of H-pyrrole nitrogens is 1. The second-order valence-electron chi connectivity index (χ2n) is 3.73. The number of carbonyl (C=O) groups excluding carboxylic acids is 1. The minimum Gasteiger partial charge on any atom is -0.481 e. The van der Waals surface area contributed by atoms with Gasteiger partial charge in [-0.05, 0) is 13.3 Å². The summed E-state index contributed by atoms with van der Waals surface area (Å²) in [5.41, 5.74) is -0.346. The first-order chi connectivity index (χ1) is 8.00. The topological polar surface area (TPSA) is 99.3 Å². The Kier molecular flexibility index (Phi) is 4.45. The van der Waals surface area contributed by atoms with Crippen LogP contribution in [0, 0.1) is 0 Å². The average Bonchev–Trinajstić information content (AvgIpc) is 2.26. The van der Waals surface area contributed by atoms with Gasteiger partial charge in [0.25, 0.3) is 5.91 Å². The molecule has 0 aliphatic carbocycles. The zero-order valence-electron chi connectivity index (χ0n) is 9.40. The van der Waals surface area contributed by atoms with Gasteiger partial charge in [-0.1, -0.05) is 0 Å². The van der Waals surface area contributed by atoms with E-state index in [0.29, 0.717) is 6.42 Å². The molecule has 1 atom stereocenters. The van der Waals surface area contributed by atoms with Gasteiger partial charge in [-0.2, -0.15) is 0 Å². The molecular formula is C11H14N2O4. The molecule has 1 amide bonds. The first kappa shape index (κ1) is 13.0. The van der Waals surface area contributed by atoms with Crippen molar-refractivity contribution in [2.45, 2.75) is 25.8 Å². The largest absolute Gasteiger partial charge is 0.481 e. The lowest BCUT2D eigenvalue weighted by Gasteiger charge is -2.12. The third kappa shape index (κ3) is 4.10. The van der Waals surface area contributed by atoms with Gasteiger partial charge in [-0.25, -0.2) is 0 Å². The highest BCUT2D eigenvalue weighted by molar-refractivity contribution is 5.93. The van der Waals surface area contributed by atoms with E-state index in [2.05, 4.69) is 10.3 Å². The van der Waals surface area contributed by atoms with E-state index in [0.717, 1.165) is 0 Å². The summed E-state index contributed by atoms with van der Waals surface area (Å²) in [5, 5.41) is 11.1. The molecule has 0 spiro atoms. The summed E-state index contributed by atoms with van der Waals surface area (Å²) in [7, 11) is 0. The SMILES string of the molecule is CC(CCC(=O)O)NC(=O)c1c[nH]ccc1=O. The van der Waals surface area contributed by atoms with E-state index >= 15 is 0 Å². The van der Waals surface area contributed by atoms with Crippen molar-refractivity contribution >= 4 is 11.9 Å². The molecule has 0 aliphatic heterocycles. The fourth-order valence-corrected chi connectivity index (χ4v) is 1.31. The molecule has 1 aromatic heterocycles. The van der Waals surface area contributed by atoms with Gasteiger partial charge in [0, 0.05) is 30.9 Å². The van der Waals surface area contributed by atoms with E-state index in [9.17, 15) is 14.4 Å². The zero-order valence-corrected chi connectivity index (χ0v) is 9.40. The van der Waals surface area contributed by atoms with Gasteiger partial charge in [0.05, 0.1) is 0 Å². The Morgan fingerprint density at radius 1 is 1.53 bits per heavy atom. The molecule has 0 aromatic carbocycles. The Bertz CT molecular complexity index is 467. The number of rotatable bonds is 5. The first-order valence-electron chi connectivity index (χ1n) is 5.20. The number of hydrogen-bond acceptors (Lipinski definition) is 3. The van der Waals surface area contributed by atoms with Gasteiger partial charge in [0.15, 0.2) is 5.43 Å². The van der Waals surface area contributed by atoms with Gasteiger partial charge in [0.1, 0.15) is 5.56 Å². The Morgan fingerprint density at radius 2 is 2.24 bits per heavy atom. The third-order valence-corrected chi connectivity index (χ3v) is 2.24. The number of hydrogen-bond donors (Lipinski definition) is 3. The van der Waals surface area contributed by atoms with Crippen LogP contribution in [0.5, 0.6) is 0 Å². The van der Waals surface area contributed by atoms with Crippen LogP contribution in [0.4, 0.5) is 0 Å². The molecule has 1 aromatic rings. The van der Waals surface area contributed by atoms with Crippen molar-refractivity contribution in [2.75, 3.05) is 0 Å². The number of aliphatic carboxylic acids is 1. The number of carbonyl (C=O) groups is 2. The fraction of sp³-hybridized carbons (Fsp3) is 0.364. The second-order valence-corrected chi connectivity index (χ2v) is 3.73. The van der Waals surface area contributed by atoms with Crippen LogP contribution in [-0.2, 0) is 4.79 Å². The van der Waals surface area contributed by atoms with Crippen LogP contribution in [0.3, 0.4) is 0 Å². The molecule has 1 unspecified atom stereocenters. The number of nitrogens with one attached hydrogen (secondary N) is 2. The standard InChI is InChI=1S/C11H14N2O4/c1-7(2-3-10(15)16)13-11(17)8-6-12-5-4-9(8)14/h4-7H,2-3H2,1H3,(H,12,14)(H,13,17)(H,15,16). The summed E-state index contributed by atoms with van der Waals surface area (Å²) >= 11 is 0. The summed E-state index contributed by atoms with van der Waals surface area (Å²) in [4.78, 5) is 36.0. The van der Waals surface area contributed by atoms with Gasteiger partial charge >= 0.3 is 5.97 Å². The van der Waals surface area contributed by atoms with Crippen molar-refractivity contribution in [3.63, 3.8) is 0 Å². The van der Waals surface area contributed by atoms with Gasteiger partial charge in [-0.15, -0.1) is 0 Å². The minimum absolute atomic E-state index is 0.0212. The molecule has 6 nitrogen and oxygen atoms in total. The highest BCUT2D eigenvalue weighted by Crippen LogP contribution is 1.98. The number of pyridine rings is 1. The van der Waals surface area contributed by atoms with E-state index in [1.165, 1.54) is 18.5 Å². The van der Waals surface area contributed by atoms with Crippen LogP contribution < -0.4 is 10.7 Å². The highest BCUT2D eigenvalue weighted by atomic mass is 16.4. The molecule has 0 saturated heterocycles. The molecule has 0 radical (unpaired) electrons. The van der Waals surface area contributed by atoms with Crippen LogP contribution in [0.1, 0.15) is 30.1 Å². The maximum absolute atomic E-state index is 11.6. The second kappa shape index (κ2) is 5.83. The summed E-state index contributed by atoms with van der Waals surface area (Å²) < 4.78 is 0. The molecule has 6 heteroatoms. The van der Waals surface area contributed by atoms with E-state index in [4.69, 9.17) is 5.11 Å². The Labute approximate surface area is 97.7 Å². The lowest BCUT2D eigenvalue weighted by Crippen LogP contribution is -2.35. The summed E-state index contributed by atoms with van der Waals surface area (Å²) in [5.74, 6) is -1.41. The molecule has 92 valence electrons. The highest BCUT2D eigenvalue weighted by Gasteiger charge is 2.13. The lowest BCUT2D eigenvalue weighted by atomic mass is 10.1. The normalized spacial score (nSPS) is 11.8. The van der Waals surface area contributed by atoms with Crippen molar-refractivity contribution in [2.24, 2.45) is 0 Å². The predicted octanol–water partition coefficient (Wildman–Crippen LogP) is 0.358. The van der Waals surface area contributed by atoms with Crippen molar-refractivity contribution in [1.82, 2.24) is 10.3 Å². The minimum atomic E-state index is -0.913. The maximum atomic E-state index is 11.6. The van der Waals surface area contributed by atoms with Crippen molar-refractivity contribution in [1.29, 1.82) is 0 Å². The van der Waals surface area contributed by atoms with Crippen molar-refractivity contribution in [3.8, 4) is 0 Å². The number of amides is 1. The van der Waals surface area contributed by atoms with E-state index < -0.39 is 11.9 Å². The quantitative estimate of drug-likeness (QED) is 0.689. The molecule has 0 aliphatic rings. The number of carboxylic acid groups (broad SMARTS) is 1. The van der Waals surface area contributed by atoms with Crippen LogP contribution in [0.25, 0.3) is 0 Å². The number of aromatic nitrogens is 1. The van der Waals surface area contributed by atoms with Gasteiger partial charge in [0.2, 0.25) is 0 Å². The van der Waals surface area contributed by atoms with Crippen molar-refractivity contribution in [3.05, 3.63) is 34.2 Å². The Morgan fingerprint density at radius 3 is 2.82 bits per heavy atom. The predicted molar refractivity (Wildman–Crippen MR) is 60.9 cm³/mol. The fourth-order valence-electron chi connectivity index (χ4n) is 1.31. The smallest absolute Gasteiger partial charge is 0.303 e. The average molecular weight is 238 g/mol. The monoisotopic (exact) mass is 238 g/mol. The van der Waals surface area contributed by atoms with E-state index in [-0.39, 0.29) is 23.5 Å². The molecule has 1 heterocycles. The number of carboxylic acids is 1. The molecule has 0 bridgehead atoms. The van der Waals surface area contributed by atoms with Gasteiger partial charge in [-0.3, -0.25) is 14.4 Å². The maximum Gasteiger partial charge on any atom is 0.303 e. The molecule has 1 rings (SSSR count).